The molecule has 0 aromatic heterocycles. The molecule has 344 valence electrons. The second-order valence-electron chi connectivity index (χ2n) is 17.8. The van der Waals surface area contributed by atoms with Crippen molar-refractivity contribution in [3.8, 4) is 0 Å². The van der Waals surface area contributed by atoms with Crippen LogP contribution in [0.2, 0.25) is 0 Å². The Morgan fingerprint density at radius 1 is 0.517 bits per heavy atom. The summed E-state index contributed by atoms with van der Waals surface area (Å²) < 4.78 is 34.0. The highest BCUT2D eigenvalue weighted by Crippen LogP contribution is 2.38. The zero-order valence-electron chi connectivity index (χ0n) is 38.8. The minimum Gasteiger partial charge on any atom is -0.756 e. The molecule has 0 N–H and O–H groups in total. The van der Waals surface area contributed by atoms with E-state index < -0.39 is 26.5 Å². The van der Waals surface area contributed by atoms with Gasteiger partial charge in [0.2, 0.25) is 0 Å². The van der Waals surface area contributed by atoms with E-state index in [0.717, 1.165) is 38.5 Å². The van der Waals surface area contributed by atoms with E-state index in [2.05, 4.69) is 26.0 Å². The molecule has 0 aliphatic carbocycles. The van der Waals surface area contributed by atoms with Crippen LogP contribution in [0.4, 0.5) is 0 Å². The van der Waals surface area contributed by atoms with Gasteiger partial charge in [-0.15, -0.1) is 0 Å². The average Bonchev–Trinajstić information content (AvgIpc) is 3.17. The first-order valence-corrected chi connectivity index (χ1v) is 25.9. The van der Waals surface area contributed by atoms with Crippen LogP contribution in [-0.2, 0) is 32.7 Å². The first-order valence-electron chi connectivity index (χ1n) is 24.4. The van der Waals surface area contributed by atoms with E-state index in [9.17, 15) is 19.0 Å². The van der Waals surface area contributed by atoms with Gasteiger partial charge in [-0.25, -0.2) is 0 Å². The zero-order valence-corrected chi connectivity index (χ0v) is 39.7. The summed E-state index contributed by atoms with van der Waals surface area (Å²) in [6.07, 6.45) is 43.8. The summed E-state index contributed by atoms with van der Waals surface area (Å²) in [4.78, 5) is 37.6. The molecule has 0 saturated heterocycles. The molecule has 0 fully saturated rings. The molecule has 1 unspecified atom stereocenters. The van der Waals surface area contributed by atoms with Crippen molar-refractivity contribution in [3.63, 3.8) is 0 Å². The highest BCUT2D eigenvalue weighted by Gasteiger charge is 2.21. The number of hydrogen-bond donors (Lipinski definition) is 0. The van der Waals surface area contributed by atoms with Crippen LogP contribution < -0.4 is 4.89 Å². The van der Waals surface area contributed by atoms with Crippen molar-refractivity contribution in [2.75, 3.05) is 47.5 Å². The van der Waals surface area contributed by atoms with E-state index in [1.54, 1.807) is 0 Å². The maximum Gasteiger partial charge on any atom is 0.306 e. The Morgan fingerprint density at radius 3 is 1.28 bits per heavy atom. The summed E-state index contributed by atoms with van der Waals surface area (Å²) >= 11 is 0. The Labute approximate surface area is 358 Å². The van der Waals surface area contributed by atoms with Gasteiger partial charge in [0.25, 0.3) is 7.82 Å². The lowest BCUT2D eigenvalue weighted by atomic mass is 10.0. The Bertz CT molecular complexity index is 1000. The largest absolute Gasteiger partial charge is 0.756 e. The van der Waals surface area contributed by atoms with Crippen molar-refractivity contribution in [2.24, 2.45) is 0 Å². The molecule has 0 radical (unpaired) electrons. The number of esters is 2. The number of carbonyl (C=O) groups excluding carboxylic acids is 2. The average molecular weight is 844 g/mol. The second kappa shape index (κ2) is 41.1. The quantitative estimate of drug-likeness (QED) is 0.0196. The predicted octanol–water partition coefficient (Wildman–Crippen LogP) is 13.5. The molecular formula is C48H94NO8P. The number of unbranched alkanes of at least 4 members (excludes halogenated alkanes) is 29. The highest BCUT2D eigenvalue weighted by molar-refractivity contribution is 7.45. The zero-order chi connectivity index (χ0) is 42.8. The second-order valence-corrected chi connectivity index (χ2v) is 19.2. The molecular weight excluding hydrogens is 750 g/mol. The van der Waals surface area contributed by atoms with Crippen LogP contribution >= 0.6 is 7.82 Å². The van der Waals surface area contributed by atoms with Gasteiger partial charge in [-0.2, -0.15) is 0 Å². The number of hydrogen-bond acceptors (Lipinski definition) is 8. The van der Waals surface area contributed by atoms with Gasteiger partial charge in [0.05, 0.1) is 27.7 Å². The monoisotopic (exact) mass is 844 g/mol. The molecule has 0 saturated carbocycles. The lowest BCUT2D eigenvalue weighted by Gasteiger charge is -2.28. The molecule has 10 heteroatoms. The molecule has 0 rings (SSSR count). The van der Waals surface area contributed by atoms with E-state index in [1.807, 2.05) is 21.1 Å². The van der Waals surface area contributed by atoms with E-state index in [-0.39, 0.29) is 32.0 Å². The van der Waals surface area contributed by atoms with Crippen molar-refractivity contribution in [2.45, 2.75) is 238 Å². The number of carbonyl (C=O) groups is 2. The standard InChI is InChI=1S/C48H94NO8P/c1-6-8-10-12-14-16-18-20-21-22-23-24-25-26-27-29-31-33-35-37-39-41-48(51)57-46(45-56-58(52,53)55-43-42-49(3,4)5)44-54-47(50)40-38-36-34-32-30-28-19-17-15-13-11-9-7-2/h20-21,46H,6-19,22-45H2,1-5H3/b21-20+/t46-/m1/s1. The number of nitrogens with zero attached hydrogens (tertiary/aromatic N) is 1. The summed E-state index contributed by atoms with van der Waals surface area (Å²) in [5, 5.41) is 0. The minimum absolute atomic E-state index is 0.0275. The van der Waals surface area contributed by atoms with Crippen molar-refractivity contribution >= 4 is 19.8 Å². The van der Waals surface area contributed by atoms with Crippen molar-refractivity contribution in [1.29, 1.82) is 0 Å². The molecule has 9 nitrogen and oxygen atoms in total. The van der Waals surface area contributed by atoms with Crippen LogP contribution in [0.1, 0.15) is 232 Å². The third kappa shape index (κ3) is 44.3. The van der Waals surface area contributed by atoms with E-state index >= 15 is 0 Å². The molecule has 0 aromatic rings. The van der Waals surface area contributed by atoms with Gasteiger partial charge >= 0.3 is 11.9 Å². The fourth-order valence-electron chi connectivity index (χ4n) is 6.95. The SMILES string of the molecule is CCCCCCCC/C=C/CCCCCCCCCCCCCC(=O)O[C@H](COC(=O)CCCCCCCCCCCCCCC)COP(=O)([O-])OCC[N+](C)(C)C. The number of likely N-dealkylation sites (N-methyl/N-ethyl adjacent to an activating group) is 1. The molecule has 0 spiro atoms. The molecule has 0 amide bonds. The summed E-state index contributed by atoms with van der Waals surface area (Å²) in [7, 11) is 1.18. The Morgan fingerprint density at radius 2 is 0.879 bits per heavy atom. The smallest absolute Gasteiger partial charge is 0.306 e. The van der Waals surface area contributed by atoms with Crippen molar-refractivity contribution < 1.29 is 42.1 Å². The summed E-state index contributed by atoms with van der Waals surface area (Å²) in [6.45, 7) is 4.26. The van der Waals surface area contributed by atoms with E-state index in [4.69, 9.17) is 18.5 Å². The number of rotatable bonds is 45. The fourth-order valence-corrected chi connectivity index (χ4v) is 7.67. The normalized spacial score (nSPS) is 13.6. The van der Waals surface area contributed by atoms with Crippen LogP contribution in [0.15, 0.2) is 12.2 Å². The highest BCUT2D eigenvalue weighted by atomic mass is 31.2. The molecule has 0 aliphatic rings. The lowest BCUT2D eigenvalue weighted by molar-refractivity contribution is -0.870. The molecule has 0 aliphatic heterocycles. The Kier molecular flexibility index (Phi) is 40.2. The van der Waals surface area contributed by atoms with Gasteiger partial charge in [-0.05, 0) is 38.5 Å². The first kappa shape index (κ1) is 56.8. The topological polar surface area (TPSA) is 111 Å². The van der Waals surface area contributed by atoms with E-state index in [1.165, 1.54) is 161 Å². The Balaban J connectivity index is 4.23. The molecule has 0 bridgehead atoms. The molecule has 58 heavy (non-hydrogen) atoms. The van der Waals surface area contributed by atoms with Crippen LogP contribution in [0.5, 0.6) is 0 Å². The molecule has 2 atom stereocenters. The molecule has 0 heterocycles. The van der Waals surface area contributed by atoms with Gasteiger partial charge in [0, 0.05) is 12.8 Å². The van der Waals surface area contributed by atoms with Crippen LogP contribution in [0.3, 0.4) is 0 Å². The van der Waals surface area contributed by atoms with Crippen molar-refractivity contribution in [1.82, 2.24) is 0 Å². The van der Waals surface area contributed by atoms with Gasteiger partial charge in [-0.1, -0.05) is 193 Å². The third-order valence-electron chi connectivity index (χ3n) is 10.8. The van der Waals surface area contributed by atoms with Gasteiger partial charge < -0.3 is 27.9 Å². The third-order valence-corrected chi connectivity index (χ3v) is 11.7. The van der Waals surface area contributed by atoms with Gasteiger partial charge in [0.15, 0.2) is 6.10 Å². The maximum absolute atomic E-state index is 12.7. The number of phosphoric acid groups is 1. The number of quaternary nitrogens is 1. The maximum atomic E-state index is 12.7. The lowest BCUT2D eigenvalue weighted by Crippen LogP contribution is -2.37. The number of allylic oxidation sites excluding steroid dienone is 2. The van der Waals surface area contributed by atoms with Gasteiger partial charge in [0.1, 0.15) is 19.8 Å². The minimum atomic E-state index is -4.62. The van der Waals surface area contributed by atoms with Gasteiger partial charge in [-0.3, -0.25) is 14.2 Å². The summed E-state index contributed by atoms with van der Waals surface area (Å²) in [6, 6.07) is 0. The predicted molar refractivity (Wildman–Crippen MR) is 241 cm³/mol. The first-order chi connectivity index (χ1) is 28.0. The molecule has 0 aromatic carbocycles. The van der Waals surface area contributed by atoms with Crippen molar-refractivity contribution in [3.05, 3.63) is 12.2 Å². The van der Waals surface area contributed by atoms with Crippen LogP contribution in [0, 0.1) is 0 Å². The summed E-state index contributed by atoms with van der Waals surface area (Å²) in [5.74, 6) is -0.823. The van der Waals surface area contributed by atoms with Crippen LogP contribution in [-0.4, -0.2) is 70.0 Å². The summed E-state index contributed by atoms with van der Waals surface area (Å²) in [5.41, 5.74) is 0. The Hall–Kier alpha value is -1.25. The van der Waals surface area contributed by atoms with E-state index in [0.29, 0.717) is 17.4 Å². The fraction of sp³-hybridized carbons (Fsp3) is 0.917. The number of phosphoric ester groups is 1. The van der Waals surface area contributed by atoms with Crippen LogP contribution in [0.25, 0.3) is 0 Å². The number of ether oxygens (including phenoxy) is 2.